The van der Waals surface area contributed by atoms with E-state index in [9.17, 15) is 19.5 Å². The normalized spacial score (nSPS) is 17.4. The van der Waals surface area contributed by atoms with Gasteiger partial charge in [-0.2, -0.15) is 0 Å². The number of hydrogen-bond donors (Lipinski definition) is 2. The monoisotopic (exact) mass is 446 g/mol. The highest BCUT2D eigenvalue weighted by Crippen LogP contribution is 2.44. The highest BCUT2D eigenvalue weighted by Gasteiger charge is 2.38. The summed E-state index contributed by atoms with van der Waals surface area (Å²) in [4.78, 5) is 38.5. The van der Waals surface area contributed by atoms with Gasteiger partial charge in [0.2, 0.25) is 5.91 Å². The van der Waals surface area contributed by atoms with Crippen molar-refractivity contribution in [1.82, 2.24) is 10.2 Å². The first kappa shape index (κ1) is 22.4. The third kappa shape index (κ3) is 4.56. The van der Waals surface area contributed by atoms with Crippen molar-refractivity contribution in [3.05, 3.63) is 59.7 Å². The van der Waals surface area contributed by atoms with Crippen molar-refractivity contribution < 1.29 is 24.2 Å². The number of hydrogen-bond acceptors (Lipinski definition) is 4. The minimum Gasteiger partial charge on any atom is -0.480 e. The Morgan fingerprint density at radius 2 is 1.76 bits per heavy atom. The van der Waals surface area contributed by atoms with Crippen LogP contribution in [0.2, 0.25) is 0 Å². The van der Waals surface area contributed by atoms with Crippen molar-refractivity contribution >= 4 is 18.0 Å². The van der Waals surface area contributed by atoms with Gasteiger partial charge in [0.1, 0.15) is 18.7 Å². The molecule has 2 unspecified atom stereocenters. The molecule has 0 aromatic heterocycles. The molecule has 0 radical (unpaired) electrons. The average molecular weight is 447 g/mol. The Hall–Kier alpha value is -3.79. The third-order valence-corrected chi connectivity index (χ3v) is 6.24. The second-order valence-corrected chi connectivity index (χ2v) is 8.18. The summed E-state index contributed by atoms with van der Waals surface area (Å²) in [5.41, 5.74) is 4.44. The van der Waals surface area contributed by atoms with E-state index in [0.717, 1.165) is 22.3 Å². The molecular formula is C26H26N2O5. The number of carboxylic acid groups (broad SMARTS) is 1. The van der Waals surface area contributed by atoms with Crippen molar-refractivity contribution in [1.29, 1.82) is 0 Å². The number of nitrogens with zero attached hydrogens (tertiary/aromatic N) is 1. The first-order chi connectivity index (χ1) is 16.0. The largest absolute Gasteiger partial charge is 0.480 e. The van der Waals surface area contributed by atoms with Crippen LogP contribution in [0.25, 0.3) is 11.1 Å². The number of fused-ring (bicyclic) bond motifs is 3. The maximum atomic E-state index is 13.0. The van der Waals surface area contributed by atoms with Gasteiger partial charge < -0.3 is 20.1 Å². The summed E-state index contributed by atoms with van der Waals surface area (Å²) >= 11 is 0. The first-order valence-corrected chi connectivity index (χ1v) is 11.1. The molecule has 1 saturated heterocycles. The van der Waals surface area contributed by atoms with Gasteiger partial charge in [0.25, 0.3) is 0 Å². The number of carbonyl (C=O) groups excluding carboxylic acids is 2. The lowest BCUT2D eigenvalue weighted by molar-refractivity contribution is -0.148. The predicted molar refractivity (Wildman–Crippen MR) is 122 cm³/mol. The van der Waals surface area contributed by atoms with Crippen LogP contribution in [0.4, 0.5) is 4.79 Å². The number of likely N-dealkylation sites (tertiary alicyclic amines) is 1. The summed E-state index contributed by atoms with van der Waals surface area (Å²) in [5, 5.41) is 12.0. The molecule has 7 heteroatoms. The number of ether oxygens (including phenoxy) is 1. The van der Waals surface area contributed by atoms with Gasteiger partial charge in [0, 0.05) is 18.9 Å². The fourth-order valence-corrected chi connectivity index (χ4v) is 4.67. The van der Waals surface area contributed by atoms with E-state index in [0.29, 0.717) is 19.4 Å². The molecule has 0 saturated carbocycles. The van der Waals surface area contributed by atoms with Crippen LogP contribution in [0.3, 0.4) is 0 Å². The quantitative estimate of drug-likeness (QED) is 0.664. The molecule has 0 spiro atoms. The van der Waals surface area contributed by atoms with E-state index < -0.39 is 30.1 Å². The number of nitrogens with one attached hydrogen (secondary N) is 1. The van der Waals surface area contributed by atoms with Gasteiger partial charge in [-0.3, -0.25) is 4.79 Å². The fourth-order valence-electron chi connectivity index (χ4n) is 4.67. The summed E-state index contributed by atoms with van der Waals surface area (Å²) in [5.74, 6) is 3.95. The number of rotatable bonds is 6. The first-order valence-electron chi connectivity index (χ1n) is 11.1. The summed E-state index contributed by atoms with van der Waals surface area (Å²) in [6.45, 7) is 2.12. The summed E-state index contributed by atoms with van der Waals surface area (Å²) < 4.78 is 5.55. The van der Waals surface area contributed by atoms with Crippen LogP contribution in [-0.2, 0) is 14.3 Å². The number of carbonyl (C=O) groups is 3. The lowest BCUT2D eigenvalue weighted by Crippen LogP contribution is -2.51. The lowest BCUT2D eigenvalue weighted by atomic mass is 9.98. The van der Waals surface area contributed by atoms with Gasteiger partial charge in [0.05, 0.1) is 0 Å². The van der Waals surface area contributed by atoms with Gasteiger partial charge in [-0.15, -0.1) is 11.8 Å². The molecular weight excluding hydrogens is 420 g/mol. The second kappa shape index (κ2) is 9.78. The van der Waals surface area contributed by atoms with Crippen LogP contribution in [-0.4, -0.2) is 53.2 Å². The molecule has 2 aromatic rings. The van der Waals surface area contributed by atoms with Crippen LogP contribution in [0.15, 0.2) is 48.5 Å². The number of amides is 2. The van der Waals surface area contributed by atoms with Crippen molar-refractivity contribution in [2.24, 2.45) is 0 Å². The average Bonchev–Trinajstić information content (AvgIpc) is 3.43. The molecule has 0 bridgehead atoms. The third-order valence-electron chi connectivity index (χ3n) is 6.24. The maximum absolute atomic E-state index is 13.0. The number of alkyl carbamates (subject to hydrolysis) is 1. The van der Waals surface area contributed by atoms with Gasteiger partial charge in [-0.05, 0) is 42.0 Å². The lowest BCUT2D eigenvalue weighted by Gasteiger charge is -2.26. The van der Waals surface area contributed by atoms with Crippen LogP contribution in [0, 0.1) is 11.8 Å². The molecule has 2 N–H and O–H groups in total. The van der Waals surface area contributed by atoms with Crippen molar-refractivity contribution in [3.8, 4) is 23.0 Å². The van der Waals surface area contributed by atoms with Crippen LogP contribution >= 0.6 is 0 Å². The Balaban J connectivity index is 1.45. The standard InChI is InChI=1S/C26H26N2O5/c1-2-3-13-22(24(29)28-15-8-14-23(28)25(30)31)27-26(32)33-16-21-19-11-6-4-9-17(19)18-10-5-7-12-20(18)21/h4-7,9-12,21-23H,8,13-16H2,1H3,(H,27,32)(H,30,31). The molecule has 1 fully saturated rings. The Morgan fingerprint density at radius 1 is 1.12 bits per heavy atom. The van der Waals surface area contributed by atoms with Crippen molar-refractivity contribution in [2.45, 2.75) is 44.2 Å². The van der Waals surface area contributed by atoms with Crippen molar-refractivity contribution in [3.63, 3.8) is 0 Å². The number of aliphatic carboxylic acids is 1. The van der Waals surface area contributed by atoms with Crippen molar-refractivity contribution in [2.75, 3.05) is 13.2 Å². The Morgan fingerprint density at radius 3 is 2.36 bits per heavy atom. The number of benzene rings is 2. The molecule has 2 aromatic carbocycles. The minimum atomic E-state index is -1.04. The van der Waals surface area contributed by atoms with Gasteiger partial charge >= 0.3 is 12.1 Å². The zero-order chi connectivity index (χ0) is 23.4. The van der Waals surface area contributed by atoms with Crippen LogP contribution in [0.1, 0.15) is 43.2 Å². The molecule has 4 rings (SSSR count). The maximum Gasteiger partial charge on any atom is 0.407 e. The Bertz CT molecular complexity index is 1090. The molecule has 1 aliphatic carbocycles. The Kier molecular flexibility index (Phi) is 6.64. The zero-order valence-electron chi connectivity index (χ0n) is 18.4. The molecule has 33 heavy (non-hydrogen) atoms. The van der Waals surface area contributed by atoms with E-state index in [1.165, 1.54) is 4.90 Å². The smallest absolute Gasteiger partial charge is 0.407 e. The molecule has 1 heterocycles. The molecule has 1 aliphatic heterocycles. The Labute approximate surface area is 192 Å². The molecule has 2 amide bonds. The fraction of sp³-hybridized carbons (Fsp3) is 0.346. The topological polar surface area (TPSA) is 95.9 Å². The summed E-state index contributed by atoms with van der Waals surface area (Å²) in [6, 6.07) is 14.2. The minimum absolute atomic E-state index is 0.0857. The highest BCUT2D eigenvalue weighted by atomic mass is 16.5. The summed E-state index contributed by atoms with van der Waals surface area (Å²) in [7, 11) is 0. The van der Waals surface area contributed by atoms with Crippen LogP contribution < -0.4 is 5.32 Å². The van der Waals surface area contributed by atoms with E-state index in [1.54, 1.807) is 6.92 Å². The highest BCUT2D eigenvalue weighted by molar-refractivity contribution is 5.90. The SMILES string of the molecule is CC#CCC(NC(=O)OCC1c2ccccc2-c2ccccc21)C(=O)N1CCCC1C(=O)O. The molecule has 2 atom stereocenters. The number of carboxylic acids is 1. The zero-order valence-corrected chi connectivity index (χ0v) is 18.4. The van der Waals surface area contributed by atoms with E-state index in [4.69, 9.17) is 4.74 Å². The van der Waals surface area contributed by atoms with E-state index in [2.05, 4.69) is 29.3 Å². The van der Waals surface area contributed by atoms with E-state index in [-0.39, 0.29) is 18.9 Å². The van der Waals surface area contributed by atoms with Crippen LogP contribution in [0.5, 0.6) is 0 Å². The molecule has 170 valence electrons. The molecule has 2 aliphatic rings. The second-order valence-electron chi connectivity index (χ2n) is 8.18. The summed E-state index contributed by atoms with van der Waals surface area (Å²) in [6.07, 6.45) is 0.375. The van der Waals surface area contributed by atoms with E-state index in [1.807, 2.05) is 36.4 Å². The predicted octanol–water partition coefficient (Wildman–Crippen LogP) is 3.38. The van der Waals surface area contributed by atoms with Gasteiger partial charge in [0.15, 0.2) is 0 Å². The van der Waals surface area contributed by atoms with E-state index >= 15 is 0 Å². The van der Waals surface area contributed by atoms with Gasteiger partial charge in [-0.25, -0.2) is 9.59 Å². The van der Waals surface area contributed by atoms with Gasteiger partial charge in [-0.1, -0.05) is 48.5 Å². The molecule has 7 nitrogen and oxygen atoms in total.